The Labute approximate surface area is 139 Å². The number of amides is 1. The number of hydrogen-bond donors (Lipinski definition) is 0. The standard InChI is InChI=1S/C19H25N3O/c1-3-21(14-17-7-5-4-6-8-17)15-18(13-20)19(23)22-11-9-16(2)10-12-22/h4-8,15-16H,3,9-12,14H2,1-2H3/b18-15-. The second-order valence-corrected chi connectivity index (χ2v) is 6.18. The van der Waals surface area contributed by atoms with Crippen molar-refractivity contribution in [2.45, 2.75) is 33.2 Å². The van der Waals surface area contributed by atoms with Crippen LogP contribution in [0.25, 0.3) is 0 Å². The zero-order valence-electron chi connectivity index (χ0n) is 14.0. The van der Waals surface area contributed by atoms with Gasteiger partial charge in [0.2, 0.25) is 0 Å². The highest BCUT2D eigenvalue weighted by Gasteiger charge is 2.23. The van der Waals surface area contributed by atoms with Gasteiger partial charge in [0.05, 0.1) is 0 Å². The van der Waals surface area contributed by atoms with Crippen LogP contribution >= 0.6 is 0 Å². The van der Waals surface area contributed by atoms with Crippen molar-refractivity contribution in [1.29, 1.82) is 5.26 Å². The summed E-state index contributed by atoms with van der Waals surface area (Å²) in [6.07, 6.45) is 3.76. The van der Waals surface area contributed by atoms with E-state index < -0.39 is 0 Å². The number of rotatable bonds is 5. The molecular formula is C19H25N3O. The van der Waals surface area contributed by atoms with Crippen LogP contribution in [0.4, 0.5) is 0 Å². The van der Waals surface area contributed by atoms with Crippen molar-refractivity contribution in [3.05, 3.63) is 47.7 Å². The molecule has 1 fully saturated rings. The summed E-state index contributed by atoms with van der Waals surface area (Å²) in [6.45, 7) is 7.20. The van der Waals surface area contributed by atoms with E-state index in [1.165, 1.54) is 5.56 Å². The molecule has 122 valence electrons. The first-order valence-corrected chi connectivity index (χ1v) is 8.33. The van der Waals surface area contributed by atoms with Crippen LogP contribution in [0.2, 0.25) is 0 Å². The topological polar surface area (TPSA) is 47.3 Å². The van der Waals surface area contributed by atoms with E-state index in [1.807, 2.05) is 34.9 Å². The molecule has 4 nitrogen and oxygen atoms in total. The molecule has 1 saturated heterocycles. The Morgan fingerprint density at radius 2 is 2.00 bits per heavy atom. The van der Waals surface area contributed by atoms with Crippen molar-refractivity contribution in [3.63, 3.8) is 0 Å². The first-order chi connectivity index (χ1) is 11.1. The predicted molar refractivity (Wildman–Crippen MR) is 91.2 cm³/mol. The number of hydrogen-bond acceptors (Lipinski definition) is 3. The van der Waals surface area contributed by atoms with Gasteiger partial charge in [-0.2, -0.15) is 5.26 Å². The van der Waals surface area contributed by atoms with Gasteiger partial charge < -0.3 is 9.80 Å². The summed E-state index contributed by atoms with van der Waals surface area (Å²) in [6, 6.07) is 12.2. The van der Waals surface area contributed by atoms with Crippen LogP contribution in [-0.2, 0) is 11.3 Å². The Hall–Kier alpha value is -2.28. The maximum Gasteiger partial charge on any atom is 0.266 e. The molecule has 23 heavy (non-hydrogen) atoms. The highest BCUT2D eigenvalue weighted by atomic mass is 16.2. The Balaban J connectivity index is 2.06. The van der Waals surface area contributed by atoms with Crippen molar-refractivity contribution in [2.24, 2.45) is 5.92 Å². The Bertz CT molecular complexity index is 580. The lowest BCUT2D eigenvalue weighted by molar-refractivity contribution is -0.128. The van der Waals surface area contributed by atoms with Crippen LogP contribution in [-0.4, -0.2) is 35.3 Å². The van der Waals surface area contributed by atoms with Crippen molar-refractivity contribution in [3.8, 4) is 6.07 Å². The third-order valence-corrected chi connectivity index (χ3v) is 4.37. The van der Waals surface area contributed by atoms with E-state index >= 15 is 0 Å². The lowest BCUT2D eigenvalue weighted by atomic mass is 9.99. The van der Waals surface area contributed by atoms with Crippen molar-refractivity contribution < 1.29 is 4.79 Å². The summed E-state index contributed by atoms with van der Waals surface area (Å²) >= 11 is 0. The summed E-state index contributed by atoms with van der Waals surface area (Å²) in [5.74, 6) is 0.532. The van der Waals surface area contributed by atoms with Gasteiger partial charge in [-0.25, -0.2) is 0 Å². The van der Waals surface area contributed by atoms with Gasteiger partial charge in [-0.3, -0.25) is 4.79 Å². The maximum absolute atomic E-state index is 12.5. The first kappa shape index (κ1) is 17.1. The Morgan fingerprint density at radius 1 is 1.35 bits per heavy atom. The van der Waals surface area contributed by atoms with Gasteiger partial charge in [0, 0.05) is 32.4 Å². The van der Waals surface area contributed by atoms with E-state index in [0.717, 1.165) is 32.5 Å². The average molecular weight is 311 g/mol. The fraction of sp³-hybridized carbons (Fsp3) is 0.474. The number of nitriles is 1. The molecule has 0 radical (unpaired) electrons. The number of carbonyl (C=O) groups excluding carboxylic acids is 1. The van der Waals surface area contributed by atoms with E-state index in [9.17, 15) is 10.1 Å². The van der Waals surface area contributed by atoms with Crippen LogP contribution < -0.4 is 0 Å². The zero-order chi connectivity index (χ0) is 16.7. The summed E-state index contributed by atoms with van der Waals surface area (Å²) in [7, 11) is 0. The number of carbonyl (C=O) groups is 1. The third-order valence-electron chi connectivity index (χ3n) is 4.37. The Morgan fingerprint density at radius 3 is 2.57 bits per heavy atom. The van der Waals surface area contributed by atoms with Gasteiger partial charge in [0.25, 0.3) is 5.91 Å². The molecule has 0 N–H and O–H groups in total. The largest absolute Gasteiger partial charge is 0.372 e. The van der Waals surface area contributed by atoms with Crippen LogP contribution in [0.15, 0.2) is 42.1 Å². The van der Waals surface area contributed by atoms with Crippen molar-refractivity contribution in [1.82, 2.24) is 9.80 Å². The van der Waals surface area contributed by atoms with E-state index in [1.54, 1.807) is 6.20 Å². The van der Waals surface area contributed by atoms with Gasteiger partial charge in [-0.05, 0) is 31.2 Å². The predicted octanol–water partition coefficient (Wildman–Crippen LogP) is 3.17. The number of likely N-dealkylation sites (tertiary alicyclic amines) is 1. The molecule has 1 amide bonds. The van der Waals surface area contributed by atoms with Gasteiger partial charge >= 0.3 is 0 Å². The van der Waals surface area contributed by atoms with Gasteiger partial charge in [0.1, 0.15) is 11.6 Å². The summed E-state index contributed by atoms with van der Waals surface area (Å²) < 4.78 is 0. The maximum atomic E-state index is 12.5. The van der Waals surface area contributed by atoms with Gasteiger partial charge in [-0.1, -0.05) is 37.3 Å². The first-order valence-electron chi connectivity index (χ1n) is 8.33. The zero-order valence-corrected chi connectivity index (χ0v) is 14.0. The lowest BCUT2D eigenvalue weighted by Gasteiger charge is -2.30. The normalized spacial score (nSPS) is 16.0. The van der Waals surface area contributed by atoms with E-state index in [4.69, 9.17) is 0 Å². The Kier molecular flexibility index (Phi) is 6.22. The molecule has 0 spiro atoms. The monoisotopic (exact) mass is 311 g/mol. The molecule has 0 aromatic heterocycles. The van der Waals surface area contributed by atoms with E-state index in [2.05, 4.69) is 25.1 Å². The lowest BCUT2D eigenvalue weighted by Crippen LogP contribution is -2.39. The molecule has 2 rings (SSSR count). The molecule has 0 aliphatic carbocycles. The van der Waals surface area contributed by atoms with Gasteiger partial charge in [0.15, 0.2) is 0 Å². The summed E-state index contributed by atoms with van der Waals surface area (Å²) in [5.41, 5.74) is 1.40. The molecule has 4 heteroatoms. The minimum Gasteiger partial charge on any atom is -0.372 e. The minimum absolute atomic E-state index is 0.133. The van der Waals surface area contributed by atoms with Crippen LogP contribution in [0, 0.1) is 17.2 Å². The molecule has 0 atom stereocenters. The summed E-state index contributed by atoms with van der Waals surface area (Å²) in [5, 5.41) is 9.40. The second kappa shape index (κ2) is 8.38. The van der Waals surface area contributed by atoms with Crippen molar-refractivity contribution >= 4 is 5.91 Å². The molecule has 1 aromatic rings. The van der Waals surface area contributed by atoms with Crippen LogP contribution in [0.3, 0.4) is 0 Å². The SMILES string of the molecule is CCN(/C=C(/C#N)C(=O)N1CCC(C)CC1)Cc1ccccc1. The number of nitrogens with zero attached hydrogens (tertiary/aromatic N) is 3. The van der Waals surface area contributed by atoms with Gasteiger partial charge in [-0.15, -0.1) is 0 Å². The molecule has 1 aliphatic heterocycles. The van der Waals surface area contributed by atoms with Crippen LogP contribution in [0.1, 0.15) is 32.3 Å². The fourth-order valence-electron chi connectivity index (χ4n) is 2.76. The fourth-order valence-corrected chi connectivity index (χ4v) is 2.76. The molecule has 0 saturated carbocycles. The molecule has 0 bridgehead atoms. The molecule has 1 aliphatic rings. The molecule has 0 unspecified atom stereocenters. The quantitative estimate of drug-likeness (QED) is 0.620. The highest BCUT2D eigenvalue weighted by Crippen LogP contribution is 2.18. The van der Waals surface area contributed by atoms with Crippen LogP contribution in [0.5, 0.6) is 0 Å². The number of benzene rings is 1. The number of piperidine rings is 1. The highest BCUT2D eigenvalue weighted by molar-refractivity contribution is 5.97. The molecule has 1 heterocycles. The minimum atomic E-state index is -0.133. The third kappa shape index (κ3) is 4.85. The van der Waals surface area contributed by atoms with Crippen molar-refractivity contribution in [2.75, 3.05) is 19.6 Å². The second-order valence-electron chi connectivity index (χ2n) is 6.18. The van der Waals surface area contributed by atoms with E-state index in [-0.39, 0.29) is 11.5 Å². The summed E-state index contributed by atoms with van der Waals surface area (Å²) in [4.78, 5) is 16.4. The molecular weight excluding hydrogens is 286 g/mol. The van der Waals surface area contributed by atoms with E-state index in [0.29, 0.717) is 12.5 Å². The molecule has 1 aromatic carbocycles. The smallest absolute Gasteiger partial charge is 0.266 e. The average Bonchev–Trinajstić information content (AvgIpc) is 2.59.